The predicted octanol–water partition coefficient (Wildman–Crippen LogP) is -0.691. The molecule has 74 valence electrons. The summed E-state index contributed by atoms with van der Waals surface area (Å²) in [6, 6.07) is 0.429. The van der Waals surface area contributed by atoms with Crippen LogP contribution in [-0.4, -0.2) is 50.7 Å². The van der Waals surface area contributed by atoms with E-state index in [2.05, 4.69) is 17.3 Å². The molecule has 0 radical (unpaired) electrons. The van der Waals surface area contributed by atoms with E-state index >= 15 is 0 Å². The van der Waals surface area contributed by atoms with E-state index in [1.165, 1.54) is 0 Å². The fourth-order valence-electron chi connectivity index (χ4n) is 2.31. The van der Waals surface area contributed by atoms with E-state index in [0.717, 1.165) is 13.1 Å². The van der Waals surface area contributed by atoms with Gasteiger partial charge in [0, 0.05) is 26.2 Å². The number of hydrogen-bond donors (Lipinski definition) is 1. The highest BCUT2D eigenvalue weighted by atomic mass is 16.5. The Morgan fingerprint density at radius 3 is 2.69 bits per heavy atom. The first kappa shape index (κ1) is 8.97. The molecule has 1 unspecified atom stereocenters. The second kappa shape index (κ2) is 3.27. The Bertz CT molecular complexity index is 208. The highest BCUT2D eigenvalue weighted by Gasteiger charge is 2.55. The van der Waals surface area contributed by atoms with Gasteiger partial charge in [0.05, 0.1) is 0 Å². The second-order valence-electron chi connectivity index (χ2n) is 4.08. The number of hydrogen-bond acceptors (Lipinski definition) is 3. The fourth-order valence-corrected chi connectivity index (χ4v) is 2.31. The third kappa shape index (κ3) is 1.69. The van der Waals surface area contributed by atoms with Crippen molar-refractivity contribution in [3.8, 4) is 0 Å². The number of nitrogens with zero attached hydrogens (tertiary/aromatic N) is 1. The summed E-state index contributed by atoms with van der Waals surface area (Å²) >= 11 is 0. The van der Waals surface area contributed by atoms with E-state index < -0.39 is 0 Å². The number of amides is 1. The standard InChI is InChI=1S/C9H16N2O2/c1-11-3-6-7(4-11)9(6)10-8(12)5-13-2/h6-7,9H,3-5H2,1-2H3,(H,10,12)/t6-,7+,9?. The maximum atomic E-state index is 11.2. The van der Waals surface area contributed by atoms with Crippen LogP contribution in [0.1, 0.15) is 0 Å². The first-order valence-electron chi connectivity index (χ1n) is 4.69. The molecule has 0 aromatic heterocycles. The average Bonchev–Trinajstić information content (AvgIpc) is 2.56. The molecular formula is C9H16N2O2. The van der Waals surface area contributed by atoms with Crippen molar-refractivity contribution in [2.75, 3.05) is 33.9 Å². The Labute approximate surface area is 78.2 Å². The molecule has 13 heavy (non-hydrogen) atoms. The lowest BCUT2D eigenvalue weighted by atomic mass is 10.4. The number of ether oxygens (including phenoxy) is 1. The van der Waals surface area contributed by atoms with Crippen LogP contribution in [0.2, 0.25) is 0 Å². The minimum absolute atomic E-state index is 0.0181. The number of piperidine rings is 1. The Balaban J connectivity index is 1.73. The van der Waals surface area contributed by atoms with Crippen LogP contribution in [0.15, 0.2) is 0 Å². The molecule has 0 aromatic rings. The monoisotopic (exact) mass is 184 g/mol. The summed E-state index contributed by atoms with van der Waals surface area (Å²) in [5.41, 5.74) is 0. The molecule has 1 aliphatic heterocycles. The Hall–Kier alpha value is -0.610. The van der Waals surface area contributed by atoms with Gasteiger partial charge in [-0.1, -0.05) is 0 Å². The highest BCUT2D eigenvalue weighted by molar-refractivity contribution is 5.78. The Morgan fingerprint density at radius 1 is 1.54 bits per heavy atom. The van der Waals surface area contributed by atoms with Gasteiger partial charge in [-0.25, -0.2) is 0 Å². The summed E-state index contributed by atoms with van der Waals surface area (Å²) in [4.78, 5) is 13.5. The number of carbonyl (C=O) groups excluding carboxylic acids is 1. The van der Waals surface area contributed by atoms with Crippen LogP contribution in [0.5, 0.6) is 0 Å². The van der Waals surface area contributed by atoms with E-state index in [1.54, 1.807) is 7.11 Å². The van der Waals surface area contributed by atoms with Gasteiger partial charge in [0.2, 0.25) is 5.91 Å². The van der Waals surface area contributed by atoms with E-state index in [1.807, 2.05) is 0 Å². The maximum Gasteiger partial charge on any atom is 0.246 e. The Morgan fingerprint density at radius 2 is 2.15 bits per heavy atom. The summed E-state index contributed by atoms with van der Waals surface area (Å²) in [5, 5.41) is 2.99. The van der Waals surface area contributed by atoms with Gasteiger partial charge in [-0.2, -0.15) is 0 Å². The number of nitrogens with one attached hydrogen (secondary N) is 1. The first-order chi connectivity index (χ1) is 6.22. The molecular weight excluding hydrogens is 168 g/mol. The zero-order valence-electron chi connectivity index (χ0n) is 8.12. The van der Waals surface area contributed by atoms with Crippen molar-refractivity contribution in [2.24, 2.45) is 11.8 Å². The van der Waals surface area contributed by atoms with Crippen molar-refractivity contribution >= 4 is 5.91 Å². The van der Waals surface area contributed by atoms with E-state index in [9.17, 15) is 4.79 Å². The summed E-state index contributed by atoms with van der Waals surface area (Å²) in [6.07, 6.45) is 0. The zero-order valence-corrected chi connectivity index (χ0v) is 8.12. The van der Waals surface area contributed by atoms with Crippen LogP contribution >= 0.6 is 0 Å². The minimum Gasteiger partial charge on any atom is -0.375 e. The Kier molecular flexibility index (Phi) is 2.26. The van der Waals surface area contributed by atoms with Crippen molar-refractivity contribution < 1.29 is 9.53 Å². The topological polar surface area (TPSA) is 41.6 Å². The number of carbonyl (C=O) groups is 1. The summed E-state index contributed by atoms with van der Waals surface area (Å²) in [5.74, 6) is 1.42. The first-order valence-corrected chi connectivity index (χ1v) is 4.69. The van der Waals surface area contributed by atoms with Crippen LogP contribution in [0, 0.1) is 11.8 Å². The van der Waals surface area contributed by atoms with Crippen LogP contribution < -0.4 is 5.32 Å². The normalized spacial score (nSPS) is 37.2. The predicted molar refractivity (Wildman–Crippen MR) is 48.3 cm³/mol. The van der Waals surface area contributed by atoms with Crippen molar-refractivity contribution in [1.29, 1.82) is 0 Å². The molecule has 3 atom stereocenters. The molecule has 1 saturated carbocycles. The molecule has 1 N–H and O–H groups in total. The minimum atomic E-state index is 0.0181. The van der Waals surface area contributed by atoms with E-state index in [-0.39, 0.29) is 12.5 Å². The van der Waals surface area contributed by atoms with E-state index in [4.69, 9.17) is 4.74 Å². The average molecular weight is 184 g/mol. The van der Waals surface area contributed by atoms with Crippen LogP contribution in [0.25, 0.3) is 0 Å². The number of fused-ring (bicyclic) bond motifs is 1. The molecule has 1 saturated heterocycles. The van der Waals surface area contributed by atoms with Gasteiger partial charge in [0.15, 0.2) is 0 Å². The lowest BCUT2D eigenvalue weighted by Crippen LogP contribution is -2.35. The number of rotatable bonds is 3. The van der Waals surface area contributed by atoms with Gasteiger partial charge < -0.3 is 15.0 Å². The number of likely N-dealkylation sites (tertiary alicyclic amines) is 1. The van der Waals surface area contributed by atoms with Crippen molar-refractivity contribution in [1.82, 2.24) is 10.2 Å². The summed E-state index contributed by atoms with van der Waals surface area (Å²) < 4.78 is 4.75. The van der Waals surface area contributed by atoms with E-state index in [0.29, 0.717) is 17.9 Å². The van der Waals surface area contributed by atoms with Crippen LogP contribution in [-0.2, 0) is 9.53 Å². The van der Waals surface area contributed by atoms with Crippen molar-refractivity contribution in [3.05, 3.63) is 0 Å². The molecule has 1 aliphatic carbocycles. The maximum absolute atomic E-state index is 11.2. The largest absolute Gasteiger partial charge is 0.375 e. The molecule has 1 amide bonds. The van der Waals surface area contributed by atoms with Crippen molar-refractivity contribution in [3.63, 3.8) is 0 Å². The number of methoxy groups -OCH3 is 1. The third-order valence-electron chi connectivity index (χ3n) is 2.98. The van der Waals surface area contributed by atoms with Gasteiger partial charge in [0.1, 0.15) is 6.61 Å². The molecule has 4 heteroatoms. The van der Waals surface area contributed by atoms with Crippen LogP contribution in [0.3, 0.4) is 0 Å². The smallest absolute Gasteiger partial charge is 0.246 e. The lowest BCUT2D eigenvalue weighted by molar-refractivity contribution is -0.125. The van der Waals surface area contributed by atoms with Gasteiger partial charge in [-0.3, -0.25) is 4.79 Å². The lowest BCUT2D eigenvalue weighted by Gasteiger charge is -2.13. The molecule has 2 aliphatic rings. The molecule has 2 fully saturated rings. The second-order valence-corrected chi connectivity index (χ2v) is 4.08. The molecule has 0 spiro atoms. The summed E-state index contributed by atoms with van der Waals surface area (Å²) in [6.45, 7) is 2.44. The van der Waals surface area contributed by atoms with Gasteiger partial charge >= 0.3 is 0 Å². The van der Waals surface area contributed by atoms with Gasteiger partial charge in [-0.05, 0) is 18.9 Å². The SMILES string of the molecule is COCC(=O)NC1[C@H]2CN(C)C[C@@H]12. The quantitative estimate of drug-likeness (QED) is 0.631. The fraction of sp³-hybridized carbons (Fsp3) is 0.889. The molecule has 1 heterocycles. The van der Waals surface area contributed by atoms with Crippen molar-refractivity contribution in [2.45, 2.75) is 6.04 Å². The van der Waals surface area contributed by atoms with Gasteiger partial charge in [-0.15, -0.1) is 0 Å². The van der Waals surface area contributed by atoms with Gasteiger partial charge in [0.25, 0.3) is 0 Å². The highest BCUT2D eigenvalue weighted by Crippen LogP contribution is 2.44. The third-order valence-corrected chi connectivity index (χ3v) is 2.98. The molecule has 0 aromatic carbocycles. The molecule has 0 bridgehead atoms. The summed E-state index contributed by atoms with van der Waals surface area (Å²) in [7, 11) is 3.67. The van der Waals surface area contributed by atoms with Crippen LogP contribution in [0.4, 0.5) is 0 Å². The molecule has 4 nitrogen and oxygen atoms in total. The molecule has 2 rings (SSSR count). The zero-order chi connectivity index (χ0) is 9.42.